The smallest absolute Gasteiger partial charge is 0.408 e. The molecular formula is C60H83N11O14S3. The zero-order valence-electron chi connectivity index (χ0n) is 50.8. The number of benzene rings is 3. The second kappa shape index (κ2) is 32.5. The number of phenols is 1. The maximum atomic E-state index is 15.1. The molecule has 2 heterocycles. The molecule has 10 amide bonds. The Labute approximate surface area is 525 Å². The molecule has 1 aliphatic rings. The van der Waals surface area contributed by atoms with Crippen LogP contribution in [0.1, 0.15) is 98.3 Å². The van der Waals surface area contributed by atoms with Crippen LogP contribution in [0.4, 0.5) is 9.59 Å². The standard InChI is InChI=1S/C60H83N11O14S3/c1-33(72)46-55(81)68-45(54(80)71-47(48(61)74)60(8,9)86)32-88-87-31-44(67-51(77)42(27-34-17-11-10-12-18-34)69-57(83)85-59(5,6)7)53(79)65-41(28-35-22-24-37(73)25-23-35)50(76)66-43(29-36-30-63-39-20-14-13-19-38(36)39)52(78)64-40(49(75)70-46)21-15-16-26-62-56(82)84-58(2,3)4/h10-14,17-20,22-25,30,33,40-47,63,72-73,86H,15-16,21,26-29,31-32H2,1-9H3,(H2,61,74)(H,62,82)(H,64,78)(H,65,79)(H,66,76)(H,67,77)(H,68,81)(H,69,83)(H,70,75)(H,71,80)/t33-,40+,41+,42-,43-,44+,45+,46+,47+/m1/s1. The molecule has 0 aliphatic carbocycles. The van der Waals surface area contributed by atoms with Gasteiger partial charge in [-0.05, 0) is 116 Å². The monoisotopic (exact) mass is 1280 g/mol. The predicted molar refractivity (Wildman–Crippen MR) is 338 cm³/mol. The lowest BCUT2D eigenvalue weighted by molar-refractivity contribution is -0.136. The van der Waals surface area contributed by atoms with Gasteiger partial charge in [0.15, 0.2) is 0 Å². The van der Waals surface area contributed by atoms with Gasteiger partial charge in [-0.1, -0.05) is 82.3 Å². The number of aliphatic hydroxyl groups excluding tert-OH is 1. The Bertz CT molecular complexity index is 3080. The molecule has 1 aliphatic heterocycles. The highest BCUT2D eigenvalue weighted by atomic mass is 33.1. The lowest BCUT2D eigenvalue weighted by Crippen LogP contribution is -2.63. The van der Waals surface area contributed by atoms with Gasteiger partial charge in [0.25, 0.3) is 0 Å². The van der Waals surface area contributed by atoms with Crippen molar-refractivity contribution < 1.29 is 67.6 Å². The van der Waals surface area contributed by atoms with E-state index in [9.17, 15) is 43.8 Å². The van der Waals surface area contributed by atoms with Gasteiger partial charge in [0.2, 0.25) is 47.3 Å². The minimum atomic E-state index is -1.80. The van der Waals surface area contributed by atoms with Gasteiger partial charge in [-0.3, -0.25) is 38.4 Å². The van der Waals surface area contributed by atoms with Crippen molar-refractivity contribution in [2.24, 2.45) is 5.73 Å². The third-order valence-corrected chi connectivity index (χ3v) is 16.1. The normalized spacial score (nSPS) is 20.6. The highest BCUT2D eigenvalue weighted by Crippen LogP contribution is 2.26. The van der Waals surface area contributed by atoms with Crippen LogP contribution < -0.4 is 53.6 Å². The number of nitrogens with two attached hydrogens (primary N) is 1. The van der Waals surface area contributed by atoms with Crippen LogP contribution in [0.5, 0.6) is 5.75 Å². The van der Waals surface area contributed by atoms with E-state index in [1.54, 1.807) is 102 Å². The van der Waals surface area contributed by atoms with Crippen molar-refractivity contribution in [3.63, 3.8) is 0 Å². The first-order chi connectivity index (χ1) is 41.3. The van der Waals surface area contributed by atoms with Gasteiger partial charge in [-0.2, -0.15) is 12.6 Å². The van der Waals surface area contributed by atoms with Crippen LogP contribution in [-0.4, -0.2) is 163 Å². The van der Waals surface area contributed by atoms with E-state index in [2.05, 4.69) is 65.5 Å². The van der Waals surface area contributed by atoms with E-state index in [4.69, 9.17) is 15.2 Å². The summed E-state index contributed by atoms with van der Waals surface area (Å²) in [6.45, 7) is 14.3. The maximum absolute atomic E-state index is 15.1. The number of alkyl carbamates (subject to hydrolysis) is 2. The number of para-hydroxylation sites is 1. The van der Waals surface area contributed by atoms with Gasteiger partial charge < -0.3 is 78.3 Å². The van der Waals surface area contributed by atoms with Gasteiger partial charge >= 0.3 is 12.2 Å². The number of aliphatic hydroxyl groups is 1. The van der Waals surface area contributed by atoms with E-state index in [-0.39, 0.29) is 62.3 Å². The van der Waals surface area contributed by atoms with E-state index < -0.39 is 130 Å². The molecule has 0 unspecified atom stereocenters. The Morgan fingerprint density at radius 2 is 1.26 bits per heavy atom. The van der Waals surface area contributed by atoms with Crippen molar-refractivity contribution >= 4 is 105 Å². The van der Waals surface area contributed by atoms with E-state index in [1.165, 1.54) is 45.0 Å². The molecule has 1 aromatic heterocycles. The number of unbranched alkanes of at least 4 members (excludes halogenated alkanes) is 1. The summed E-state index contributed by atoms with van der Waals surface area (Å²) in [6, 6.07) is 9.48. The molecule has 14 N–H and O–H groups in total. The van der Waals surface area contributed by atoms with Crippen molar-refractivity contribution in [1.29, 1.82) is 0 Å². The Kier molecular flexibility index (Phi) is 26.3. The molecule has 0 radical (unpaired) electrons. The number of phenolic OH excluding ortho intramolecular Hbond substituents is 1. The molecule has 88 heavy (non-hydrogen) atoms. The number of carbonyl (C=O) groups is 10. The molecule has 4 aromatic rings. The average molecular weight is 1280 g/mol. The number of aromatic nitrogens is 1. The van der Waals surface area contributed by atoms with E-state index in [0.717, 1.165) is 21.6 Å². The first kappa shape index (κ1) is 71.1. The number of fused-ring (bicyclic) bond motifs is 1. The number of hydrogen-bond donors (Lipinski definition) is 14. The highest BCUT2D eigenvalue weighted by molar-refractivity contribution is 8.76. The summed E-state index contributed by atoms with van der Waals surface area (Å²) >= 11 is 4.46. The number of aromatic amines is 1. The molecule has 1 fully saturated rings. The first-order valence-corrected chi connectivity index (χ1v) is 31.6. The Morgan fingerprint density at radius 3 is 1.89 bits per heavy atom. The highest BCUT2D eigenvalue weighted by Gasteiger charge is 2.39. The van der Waals surface area contributed by atoms with Crippen LogP contribution in [0.3, 0.4) is 0 Å². The van der Waals surface area contributed by atoms with Gasteiger partial charge in [0.05, 0.1) is 6.10 Å². The van der Waals surface area contributed by atoms with E-state index in [1.807, 2.05) is 0 Å². The van der Waals surface area contributed by atoms with Crippen LogP contribution in [-0.2, 0) is 67.1 Å². The van der Waals surface area contributed by atoms with Crippen LogP contribution in [0.2, 0.25) is 0 Å². The molecule has 1 saturated heterocycles. The Morgan fingerprint density at radius 1 is 0.682 bits per heavy atom. The molecule has 3 aromatic carbocycles. The second-order valence-corrected chi connectivity index (χ2v) is 27.6. The predicted octanol–water partition coefficient (Wildman–Crippen LogP) is 2.85. The molecule has 0 spiro atoms. The summed E-state index contributed by atoms with van der Waals surface area (Å²) in [4.78, 5) is 145. The third kappa shape index (κ3) is 23.4. The third-order valence-electron chi connectivity index (χ3n) is 13.4. The number of H-pyrrole nitrogens is 1. The second-order valence-electron chi connectivity index (χ2n) is 23.8. The van der Waals surface area contributed by atoms with Crippen LogP contribution in [0, 0.1) is 0 Å². The summed E-state index contributed by atoms with van der Waals surface area (Å²) in [5.41, 5.74) is 6.27. The fourth-order valence-electron chi connectivity index (χ4n) is 9.01. The average Bonchev–Trinajstić information content (AvgIpc) is 3.99. The maximum Gasteiger partial charge on any atom is 0.408 e. The van der Waals surface area contributed by atoms with Gasteiger partial charge in [-0.25, -0.2) is 9.59 Å². The number of carbonyl (C=O) groups excluding carboxylic acids is 10. The molecule has 28 heteroatoms. The molecule has 480 valence electrons. The minimum Gasteiger partial charge on any atom is -0.508 e. The Balaban J connectivity index is 1.63. The topological polar surface area (TPSA) is 380 Å². The molecule has 5 rings (SSSR count). The fourth-order valence-corrected chi connectivity index (χ4v) is 11.5. The lowest BCUT2D eigenvalue weighted by atomic mass is 10.0. The summed E-state index contributed by atoms with van der Waals surface area (Å²) in [5, 5.41) is 46.0. The lowest BCUT2D eigenvalue weighted by Gasteiger charge is -2.31. The molecular weight excluding hydrogens is 1190 g/mol. The Hall–Kier alpha value is -7.69. The fraction of sp³-hybridized carbons (Fsp3) is 0.500. The van der Waals surface area contributed by atoms with Gasteiger partial charge in [0.1, 0.15) is 65.3 Å². The summed E-state index contributed by atoms with van der Waals surface area (Å²) in [5.74, 6) is -8.26. The quantitative estimate of drug-likeness (QED) is 0.0365. The van der Waals surface area contributed by atoms with Crippen molar-refractivity contribution in [1.82, 2.24) is 52.8 Å². The minimum absolute atomic E-state index is 0.0696. The molecule has 0 saturated carbocycles. The molecule has 9 atom stereocenters. The van der Waals surface area contributed by atoms with Crippen LogP contribution in [0.15, 0.2) is 85.1 Å². The number of primary amides is 1. The number of ether oxygens (including phenoxy) is 2. The van der Waals surface area contributed by atoms with E-state index in [0.29, 0.717) is 27.6 Å². The summed E-state index contributed by atoms with van der Waals surface area (Å²) < 4.78 is 9.62. The van der Waals surface area contributed by atoms with Crippen molar-refractivity contribution in [3.05, 3.63) is 102 Å². The molecule has 25 nitrogen and oxygen atoms in total. The number of rotatable bonds is 19. The number of aromatic hydroxyl groups is 1. The largest absolute Gasteiger partial charge is 0.508 e. The number of thiol groups is 1. The van der Waals surface area contributed by atoms with Gasteiger partial charge in [-0.15, -0.1) is 0 Å². The number of hydrogen-bond acceptors (Lipinski definition) is 17. The zero-order valence-corrected chi connectivity index (χ0v) is 53.3. The molecule has 0 bridgehead atoms. The number of amides is 10. The summed E-state index contributed by atoms with van der Waals surface area (Å²) in [6.07, 6.45) is -1.83. The van der Waals surface area contributed by atoms with Crippen molar-refractivity contribution in [2.75, 3.05) is 18.1 Å². The number of nitrogens with one attached hydrogen (secondary N) is 10. The first-order valence-electron chi connectivity index (χ1n) is 28.7. The van der Waals surface area contributed by atoms with Gasteiger partial charge in [0, 0.05) is 59.2 Å². The zero-order chi connectivity index (χ0) is 65.1. The summed E-state index contributed by atoms with van der Waals surface area (Å²) in [7, 11) is 1.87. The van der Waals surface area contributed by atoms with E-state index >= 15 is 14.4 Å². The van der Waals surface area contributed by atoms with Crippen molar-refractivity contribution in [2.45, 2.75) is 171 Å². The van der Waals surface area contributed by atoms with Crippen LogP contribution >= 0.6 is 34.2 Å². The van der Waals surface area contributed by atoms with Crippen LogP contribution in [0.25, 0.3) is 10.9 Å². The SMILES string of the molecule is C[C@@H](O)[C@@H]1NC(=O)[C@H](CCCCNC(=O)OC(C)(C)C)NC(=O)[C@@H](Cc2c[nH]c3ccccc23)NC(=O)[C@H](Cc2ccc(O)cc2)NC(=O)[C@@H](NC(=O)[C@@H](Cc2ccccc2)NC(=O)OC(C)(C)C)CSSC[C@@H](C(=O)N[C@@H](C(N)=O)C(C)(C)S)NC1=O. The van der Waals surface area contributed by atoms with Crippen molar-refractivity contribution in [3.8, 4) is 5.75 Å².